The van der Waals surface area contributed by atoms with Gasteiger partial charge in [0.05, 0.1) is 12.2 Å². The minimum absolute atomic E-state index is 0.00376. The molecule has 0 radical (unpaired) electrons. The lowest BCUT2D eigenvalue weighted by atomic mass is 10.1. The Bertz CT molecular complexity index is 1150. The minimum Gasteiger partial charge on any atom is -0.481 e. The molecule has 1 aromatic carbocycles. The number of thioether (sulfide) groups is 1. The summed E-state index contributed by atoms with van der Waals surface area (Å²) in [5, 5.41) is -0.00376. The van der Waals surface area contributed by atoms with E-state index in [4.69, 9.17) is 11.2 Å². The molecule has 0 atom stereocenters. The van der Waals surface area contributed by atoms with Crippen LogP contribution in [0, 0.1) is 12.3 Å². The van der Waals surface area contributed by atoms with Gasteiger partial charge < -0.3 is 9.30 Å². The number of nitrogens with zero attached hydrogens (tertiary/aromatic N) is 3. The lowest BCUT2D eigenvalue weighted by molar-refractivity contribution is -0.141. The summed E-state index contributed by atoms with van der Waals surface area (Å²) in [4.78, 5) is 20.0. The molecule has 0 aliphatic rings. The smallest absolute Gasteiger partial charge is 0.433 e. The molecular formula is C21H16F3N3O2S. The summed E-state index contributed by atoms with van der Waals surface area (Å²) in [7, 11) is 0. The minimum atomic E-state index is -4.60. The second kappa shape index (κ2) is 9.05. The van der Waals surface area contributed by atoms with Gasteiger partial charge >= 0.3 is 6.18 Å². The summed E-state index contributed by atoms with van der Waals surface area (Å²) < 4.78 is 46.3. The largest absolute Gasteiger partial charge is 0.481 e. The Morgan fingerprint density at radius 1 is 1.20 bits per heavy atom. The van der Waals surface area contributed by atoms with Gasteiger partial charge in [0.1, 0.15) is 18.1 Å². The molecule has 0 unspecified atom stereocenters. The Balaban J connectivity index is 1.97. The Labute approximate surface area is 174 Å². The average Bonchev–Trinajstić information content (AvgIpc) is 2.73. The Morgan fingerprint density at radius 2 is 2.00 bits per heavy atom. The van der Waals surface area contributed by atoms with Crippen LogP contribution in [0.25, 0.3) is 11.3 Å². The van der Waals surface area contributed by atoms with Crippen LogP contribution in [-0.2, 0) is 12.7 Å². The molecule has 5 nitrogen and oxygen atoms in total. The molecule has 0 saturated heterocycles. The van der Waals surface area contributed by atoms with Crippen LogP contribution < -0.4 is 10.3 Å². The van der Waals surface area contributed by atoms with Gasteiger partial charge in [0.15, 0.2) is 5.16 Å². The third-order valence-corrected chi connectivity index (χ3v) is 4.58. The van der Waals surface area contributed by atoms with Gasteiger partial charge in [-0.2, -0.15) is 13.2 Å². The first-order valence-corrected chi connectivity index (χ1v) is 9.89. The summed E-state index contributed by atoms with van der Waals surface area (Å²) in [5.74, 6) is 2.93. The number of aromatic nitrogens is 3. The highest BCUT2D eigenvalue weighted by Gasteiger charge is 2.33. The number of hydrogen-bond acceptors (Lipinski definition) is 5. The molecule has 0 spiro atoms. The number of halogens is 3. The van der Waals surface area contributed by atoms with Gasteiger partial charge in [0.2, 0.25) is 0 Å². The van der Waals surface area contributed by atoms with Crippen molar-refractivity contribution in [2.24, 2.45) is 0 Å². The number of alkyl halides is 3. The van der Waals surface area contributed by atoms with Crippen LogP contribution in [0.1, 0.15) is 11.3 Å². The van der Waals surface area contributed by atoms with E-state index in [1.807, 2.05) is 0 Å². The fraction of sp³-hybridized carbons (Fsp3) is 0.190. The molecule has 0 fully saturated rings. The molecule has 2 heterocycles. The zero-order chi connectivity index (χ0) is 21.7. The Hall–Kier alpha value is -3.25. The van der Waals surface area contributed by atoms with Gasteiger partial charge in [0.25, 0.3) is 5.56 Å². The topological polar surface area (TPSA) is 57.0 Å². The average molecular weight is 431 g/mol. The lowest BCUT2D eigenvalue weighted by Crippen LogP contribution is -2.19. The highest BCUT2D eigenvalue weighted by Crippen LogP contribution is 2.31. The van der Waals surface area contributed by atoms with Crippen LogP contribution in [0.15, 0.2) is 58.6 Å². The fourth-order valence-electron chi connectivity index (χ4n) is 2.67. The van der Waals surface area contributed by atoms with Crippen LogP contribution in [0.4, 0.5) is 13.2 Å². The fourth-order valence-corrected chi connectivity index (χ4v) is 3.05. The SMILES string of the molecule is C#CCOc1cccc(Cn2cc(-c3cc(C(F)(F)F)nc(SC)n3)ccc2=O)c1. The van der Waals surface area contributed by atoms with Crippen molar-refractivity contribution in [3.05, 3.63) is 70.3 Å². The molecule has 30 heavy (non-hydrogen) atoms. The molecule has 0 bridgehead atoms. The van der Waals surface area contributed by atoms with Crippen molar-refractivity contribution in [3.8, 4) is 29.4 Å². The molecule has 3 rings (SSSR count). The Kier molecular flexibility index (Phi) is 6.47. The van der Waals surface area contributed by atoms with Gasteiger partial charge in [-0.05, 0) is 36.1 Å². The predicted octanol–water partition coefficient (Wildman–Crippen LogP) is 4.11. The first kappa shape index (κ1) is 21.5. The number of benzene rings is 1. The van der Waals surface area contributed by atoms with E-state index in [0.717, 1.165) is 23.4 Å². The van der Waals surface area contributed by atoms with Gasteiger partial charge in [-0.1, -0.05) is 29.8 Å². The van der Waals surface area contributed by atoms with E-state index in [0.29, 0.717) is 11.3 Å². The summed E-state index contributed by atoms with van der Waals surface area (Å²) in [6.07, 6.45) is 3.65. The number of rotatable bonds is 6. The molecular weight excluding hydrogens is 415 g/mol. The van der Waals surface area contributed by atoms with Crippen molar-refractivity contribution in [1.82, 2.24) is 14.5 Å². The van der Waals surface area contributed by atoms with E-state index >= 15 is 0 Å². The maximum absolute atomic E-state index is 13.2. The number of ether oxygens (including phenoxy) is 1. The normalized spacial score (nSPS) is 11.2. The van der Waals surface area contributed by atoms with Crippen molar-refractivity contribution < 1.29 is 17.9 Å². The highest BCUT2D eigenvalue weighted by molar-refractivity contribution is 7.98. The third kappa shape index (κ3) is 5.21. The number of terminal acetylenes is 1. The van der Waals surface area contributed by atoms with Crippen LogP contribution >= 0.6 is 11.8 Å². The van der Waals surface area contributed by atoms with E-state index in [2.05, 4.69) is 15.9 Å². The standard InChI is InChI=1S/C21H16F3N3O2S/c1-3-9-29-16-6-4-5-14(10-16)12-27-13-15(7-8-19(27)28)17-11-18(21(22,23)24)26-20(25-17)30-2/h1,4-8,10-11,13H,9,12H2,2H3. The quantitative estimate of drug-likeness (QED) is 0.334. The molecule has 0 aliphatic heterocycles. The summed E-state index contributed by atoms with van der Waals surface area (Å²) >= 11 is 1.01. The molecule has 0 N–H and O–H groups in total. The van der Waals surface area contributed by atoms with E-state index in [1.54, 1.807) is 30.5 Å². The lowest BCUT2D eigenvalue weighted by Gasteiger charge is -2.12. The van der Waals surface area contributed by atoms with Crippen molar-refractivity contribution in [3.63, 3.8) is 0 Å². The second-order valence-corrected chi connectivity index (χ2v) is 6.92. The summed E-state index contributed by atoms with van der Waals surface area (Å²) in [6.45, 7) is 0.318. The summed E-state index contributed by atoms with van der Waals surface area (Å²) in [6, 6.07) is 10.7. The Morgan fingerprint density at radius 3 is 2.70 bits per heavy atom. The van der Waals surface area contributed by atoms with E-state index in [1.165, 1.54) is 22.9 Å². The highest BCUT2D eigenvalue weighted by atomic mass is 32.2. The first-order chi connectivity index (χ1) is 14.3. The molecule has 3 aromatic rings. The van der Waals surface area contributed by atoms with Crippen LogP contribution in [-0.4, -0.2) is 27.4 Å². The zero-order valence-corrected chi connectivity index (χ0v) is 16.6. The van der Waals surface area contributed by atoms with Crippen LogP contribution in [0.5, 0.6) is 5.75 Å². The first-order valence-electron chi connectivity index (χ1n) is 8.66. The second-order valence-electron chi connectivity index (χ2n) is 6.15. The van der Waals surface area contributed by atoms with Crippen LogP contribution in [0.2, 0.25) is 0 Å². The predicted molar refractivity (Wildman–Crippen MR) is 108 cm³/mol. The maximum atomic E-state index is 13.2. The molecule has 0 aliphatic carbocycles. The zero-order valence-electron chi connectivity index (χ0n) is 15.8. The van der Waals surface area contributed by atoms with Crippen molar-refractivity contribution >= 4 is 11.8 Å². The van der Waals surface area contributed by atoms with Crippen LogP contribution in [0.3, 0.4) is 0 Å². The molecule has 154 valence electrons. The van der Waals surface area contributed by atoms with E-state index in [-0.39, 0.29) is 29.6 Å². The maximum Gasteiger partial charge on any atom is 0.433 e. The summed E-state index contributed by atoms with van der Waals surface area (Å²) in [5.41, 5.74) is -0.108. The van der Waals surface area contributed by atoms with E-state index < -0.39 is 11.9 Å². The van der Waals surface area contributed by atoms with Gasteiger partial charge in [-0.15, -0.1) is 6.42 Å². The van der Waals surface area contributed by atoms with E-state index in [9.17, 15) is 18.0 Å². The van der Waals surface area contributed by atoms with Gasteiger partial charge in [0, 0.05) is 17.8 Å². The number of hydrogen-bond donors (Lipinski definition) is 0. The molecule has 0 amide bonds. The van der Waals surface area contributed by atoms with Gasteiger partial charge in [-0.3, -0.25) is 4.79 Å². The van der Waals surface area contributed by atoms with Crippen molar-refractivity contribution in [2.75, 3.05) is 12.9 Å². The monoisotopic (exact) mass is 431 g/mol. The molecule has 2 aromatic heterocycles. The molecule has 0 saturated carbocycles. The van der Waals surface area contributed by atoms with Crippen molar-refractivity contribution in [2.45, 2.75) is 17.9 Å². The van der Waals surface area contributed by atoms with Gasteiger partial charge in [-0.25, -0.2) is 9.97 Å². The van der Waals surface area contributed by atoms with Crippen molar-refractivity contribution in [1.29, 1.82) is 0 Å². The molecule has 9 heteroatoms. The number of pyridine rings is 1. The third-order valence-electron chi connectivity index (χ3n) is 4.03.